The Bertz CT molecular complexity index is 644. The van der Waals surface area contributed by atoms with E-state index >= 15 is 0 Å². The third kappa shape index (κ3) is 2.45. The number of benzene rings is 1. The highest BCUT2D eigenvalue weighted by atomic mass is 32.2. The van der Waals surface area contributed by atoms with Gasteiger partial charge in [-0.3, -0.25) is 0 Å². The first-order chi connectivity index (χ1) is 9.93. The molecule has 6 heteroatoms. The molecule has 1 aliphatic heterocycles. The second-order valence-corrected chi connectivity index (χ2v) is 8.05. The van der Waals surface area contributed by atoms with E-state index in [4.69, 9.17) is 10.5 Å². The summed E-state index contributed by atoms with van der Waals surface area (Å²) in [5.41, 5.74) is 7.01. The first-order valence-electron chi connectivity index (χ1n) is 7.34. The van der Waals surface area contributed by atoms with Crippen LogP contribution in [0.2, 0.25) is 0 Å². The van der Waals surface area contributed by atoms with E-state index in [1.54, 1.807) is 16.4 Å². The van der Waals surface area contributed by atoms with Crippen molar-refractivity contribution >= 4 is 10.0 Å². The molecule has 3 rings (SSSR count). The molecule has 0 aromatic heterocycles. The second kappa shape index (κ2) is 5.26. The quantitative estimate of drug-likeness (QED) is 0.915. The molecule has 1 saturated heterocycles. The maximum absolute atomic E-state index is 12.9. The summed E-state index contributed by atoms with van der Waals surface area (Å²) in [6.45, 7) is 3.00. The van der Waals surface area contributed by atoms with Crippen LogP contribution in [0.3, 0.4) is 0 Å². The molecule has 1 aromatic rings. The Morgan fingerprint density at radius 2 is 2.05 bits per heavy atom. The number of nitrogens with two attached hydrogens (primary N) is 1. The van der Waals surface area contributed by atoms with Crippen molar-refractivity contribution in [3.8, 4) is 5.75 Å². The van der Waals surface area contributed by atoms with Crippen LogP contribution in [-0.2, 0) is 10.0 Å². The lowest BCUT2D eigenvalue weighted by atomic mass is 9.98. The molecular weight excluding hydrogens is 288 g/mol. The molecule has 5 nitrogen and oxygen atoms in total. The number of methoxy groups -OCH3 is 1. The topological polar surface area (TPSA) is 72.6 Å². The van der Waals surface area contributed by atoms with Gasteiger partial charge >= 0.3 is 0 Å². The number of hydrogen-bond donors (Lipinski definition) is 1. The summed E-state index contributed by atoms with van der Waals surface area (Å²) < 4.78 is 32.6. The molecular formula is C15H22N2O3S. The largest absolute Gasteiger partial charge is 0.495 e. The van der Waals surface area contributed by atoms with Crippen molar-refractivity contribution in [3.63, 3.8) is 0 Å². The Labute approximate surface area is 126 Å². The van der Waals surface area contributed by atoms with E-state index in [9.17, 15) is 8.42 Å². The van der Waals surface area contributed by atoms with Crippen molar-refractivity contribution < 1.29 is 13.2 Å². The third-order valence-electron chi connectivity index (χ3n) is 4.82. The molecule has 0 radical (unpaired) electrons. The van der Waals surface area contributed by atoms with Crippen LogP contribution in [0, 0.1) is 18.8 Å². The maximum atomic E-state index is 12.9. The SMILES string of the molecule is COc1ccc(C)cc1S(=O)(=O)N1CC2CCC(N)C2C1. The predicted octanol–water partition coefficient (Wildman–Crippen LogP) is 1.36. The molecule has 1 saturated carbocycles. The summed E-state index contributed by atoms with van der Waals surface area (Å²) >= 11 is 0. The molecule has 2 fully saturated rings. The van der Waals surface area contributed by atoms with Crippen molar-refractivity contribution in [2.45, 2.75) is 30.7 Å². The van der Waals surface area contributed by atoms with Gasteiger partial charge < -0.3 is 10.5 Å². The Hall–Kier alpha value is -1.11. The van der Waals surface area contributed by atoms with Gasteiger partial charge in [-0.1, -0.05) is 6.07 Å². The summed E-state index contributed by atoms with van der Waals surface area (Å²) in [5.74, 6) is 1.11. The van der Waals surface area contributed by atoms with Gasteiger partial charge in [0.2, 0.25) is 10.0 Å². The Balaban J connectivity index is 1.93. The number of ether oxygens (including phenoxy) is 1. The molecule has 3 atom stereocenters. The average Bonchev–Trinajstić information content (AvgIpc) is 3.02. The second-order valence-electron chi connectivity index (χ2n) is 6.14. The smallest absolute Gasteiger partial charge is 0.246 e. The summed E-state index contributed by atoms with van der Waals surface area (Å²) in [4.78, 5) is 0.263. The van der Waals surface area contributed by atoms with Gasteiger partial charge in [0, 0.05) is 19.1 Å². The average molecular weight is 310 g/mol. The van der Waals surface area contributed by atoms with Crippen LogP contribution < -0.4 is 10.5 Å². The van der Waals surface area contributed by atoms with Gasteiger partial charge in [-0.05, 0) is 49.3 Å². The van der Waals surface area contributed by atoms with Gasteiger partial charge in [-0.15, -0.1) is 0 Å². The van der Waals surface area contributed by atoms with Gasteiger partial charge in [0.25, 0.3) is 0 Å². The molecule has 1 aromatic carbocycles. The highest BCUT2D eigenvalue weighted by molar-refractivity contribution is 7.89. The molecule has 1 heterocycles. The molecule has 21 heavy (non-hydrogen) atoms. The maximum Gasteiger partial charge on any atom is 0.246 e. The molecule has 2 N–H and O–H groups in total. The fourth-order valence-corrected chi connectivity index (χ4v) is 5.36. The lowest BCUT2D eigenvalue weighted by Crippen LogP contribution is -2.33. The van der Waals surface area contributed by atoms with Crippen LogP contribution in [-0.4, -0.2) is 39.0 Å². The van der Waals surface area contributed by atoms with E-state index in [-0.39, 0.29) is 10.9 Å². The van der Waals surface area contributed by atoms with Gasteiger partial charge in [0.15, 0.2) is 0 Å². The predicted molar refractivity (Wildman–Crippen MR) is 80.7 cm³/mol. The van der Waals surface area contributed by atoms with Crippen LogP contribution in [0.15, 0.2) is 23.1 Å². The molecule has 0 amide bonds. The lowest BCUT2D eigenvalue weighted by molar-refractivity contribution is 0.394. The Kier molecular flexibility index (Phi) is 3.71. The summed E-state index contributed by atoms with van der Waals surface area (Å²) in [7, 11) is -2.02. The number of fused-ring (bicyclic) bond motifs is 1. The highest BCUT2D eigenvalue weighted by Crippen LogP contribution is 2.40. The minimum Gasteiger partial charge on any atom is -0.495 e. The van der Waals surface area contributed by atoms with E-state index in [0.717, 1.165) is 18.4 Å². The van der Waals surface area contributed by atoms with E-state index in [0.29, 0.717) is 30.7 Å². The van der Waals surface area contributed by atoms with Crippen LogP contribution in [0.25, 0.3) is 0 Å². The number of hydrogen-bond acceptors (Lipinski definition) is 4. The number of sulfonamides is 1. The number of aryl methyl sites for hydroxylation is 1. The summed E-state index contributed by atoms with van der Waals surface area (Å²) in [5, 5.41) is 0. The van der Waals surface area contributed by atoms with Crippen molar-refractivity contribution in [1.82, 2.24) is 4.31 Å². The molecule has 1 aliphatic carbocycles. The summed E-state index contributed by atoms with van der Waals surface area (Å²) in [6, 6.07) is 5.38. The standard InChI is InChI=1S/C15H22N2O3S/c1-10-3-6-14(20-2)15(7-10)21(18,19)17-8-11-4-5-13(16)12(11)9-17/h3,6-7,11-13H,4-5,8-9,16H2,1-2H3. The van der Waals surface area contributed by atoms with Crippen molar-refractivity contribution in [2.75, 3.05) is 20.2 Å². The van der Waals surface area contributed by atoms with E-state index in [2.05, 4.69) is 0 Å². The van der Waals surface area contributed by atoms with Gasteiger partial charge in [0.1, 0.15) is 10.6 Å². The zero-order chi connectivity index (χ0) is 15.2. The monoisotopic (exact) mass is 310 g/mol. The highest BCUT2D eigenvalue weighted by Gasteiger charge is 2.45. The van der Waals surface area contributed by atoms with Gasteiger partial charge in [-0.2, -0.15) is 4.31 Å². The van der Waals surface area contributed by atoms with Crippen LogP contribution in [0.5, 0.6) is 5.75 Å². The molecule has 0 bridgehead atoms. The van der Waals surface area contributed by atoms with Crippen molar-refractivity contribution in [2.24, 2.45) is 17.6 Å². The van der Waals surface area contributed by atoms with E-state index < -0.39 is 10.0 Å². The van der Waals surface area contributed by atoms with E-state index in [1.165, 1.54) is 7.11 Å². The molecule has 3 unspecified atom stereocenters. The first-order valence-corrected chi connectivity index (χ1v) is 8.78. The van der Waals surface area contributed by atoms with E-state index in [1.807, 2.05) is 13.0 Å². The zero-order valence-electron chi connectivity index (χ0n) is 12.5. The normalized spacial score (nSPS) is 29.6. The molecule has 2 aliphatic rings. The van der Waals surface area contributed by atoms with Gasteiger partial charge in [0.05, 0.1) is 7.11 Å². The first kappa shape index (κ1) is 14.8. The lowest BCUT2D eigenvalue weighted by Gasteiger charge is -2.20. The third-order valence-corrected chi connectivity index (χ3v) is 6.67. The van der Waals surface area contributed by atoms with Crippen LogP contribution in [0.4, 0.5) is 0 Å². The van der Waals surface area contributed by atoms with Crippen LogP contribution in [0.1, 0.15) is 18.4 Å². The zero-order valence-corrected chi connectivity index (χ0v) is 13.3. The Morgan fingerprint density at radius 1 is 1.29 bits per heavy atom. The van der Waals surface area contributed by atoms with Crippen molar-refractivity contribution in [1.29, 1.82) is 0 Å². The van der Waals surface area contributed by atoms with Crippen molar-refractivity contribution in [3.05, 3.63) is 23.8 Å². The fraction of sp³-hybridized carbons (Fsp3) is 0.600. The summed E-state index contributed by atoms with van der Waals surface area (Å²) in [6.07, 6.45) is 2.04. The molecule has 0 spiro atoms. The fourth-order valence-electron chi connectivity index (χ4n) is 3.59. The minimum atomic E-state index is -3.52. The number of rotatable bonds is 3. The number of nitrogens with zero attached hydrogens (tertiary/aromatic N) is 1. The minimum absolute atomic E-state index is 0.134. The Morgan fingerprint density at radius 3 is 2.71 bits per heavy atom. The van der Waals surface area contributed by atoms with Crippen LogP contribution >= 0.6 is 0 Å². The molecule has 116 valence electrons. The van der Waals surface area contributed by atoms with Gasteiger partial charge in [-0.25, -0.2) is 8.42 Å².